The SMILES string of the molecule is CC(C)=CCC12C[C@@H]3C(C)(C)[C@@H](C(C)(C)O)C[C@]3(C(O)C(C(=O)C(C)C)C1=O)C2O. The molecule has 2 bridgehead atoms. The fourth-order valence-electron chi connectivity index (χ4n) is 7.41. The first kappa shape index (κ1) is 23.6. The van der Waals surface area contributed by atoms with E-state index in [1.165, 1.54) is 0 Å². The Balaban J connectivity index is 2.22. The van der Waals surface area contributed by atoms with E-state index < -0.39 is 40.0 Å². The minimum atomic E-state index is -1.23. The van der Waals surface area contributed by atoms with Gasteiger partial charge in [-0.25, -0.2) is 0 Å². The fraction of sp³-hybridized carbons (Fsp3) is 0.840. The Morgan fingerprint density at radius 1 is 1.20 bits per heavy atom. The van der Waals surface area contributed by atoms with Gasteiger partial charge in [0.1, 0.15) is 11.7 Å². The lowest BCUT2D eigenvalue weighted by atomic mass is 9.56. The Hall–Kier alpha value is -1.04. The van der Waals surface area contributed by atoms with Gasteiger partial charge in [0.15, 0.2) is 5.78 Å². The first-order valence-electron chi connectivity index (χ1n) is 11.3. The number of carbonyl (C=O) groups is 2. The summed E-state index contributed by atoms with van der Waals surface area (Å²) in [4.78, 5) is 26.9. The van der Waals surface area contributed by atoms with Gasteiger partial charge in [-0.2, -0.15) is 0 Å². The van der Waals surface area contributed by atoms with Gasteiger partial charge in [0.05, 0.1) is 23.2 Å². The van der Waals surface area contributed by atoms with Crippen LogP contribution in [0.4, 0.5) is 0 Å². The molecule has 5 heteroatoms. The van der Waals surface area contributed by atoms with E-state index in [0.29, 0.717) is 19.3 Å². The molecule has 3 saturated carbocycles. The quantitative estimate of drug-likeness (QED) is 0.469. The number of fused-ring (bicyclic) bond motifs is 1. The Labute approximate surface area is 180 Å². The molecule has 170 valence electrons. The second kappa shape index (κ2) is 6.98. The third kappa shape index (κ3) is 2.91. The van der Waals surface area contributed by atoms with Crippen LogP contribution in [0.1, 0.15) is 74.7 Å². The molecule has 3 fully saturated rings. The molecule has 7 atom stereocenters. The van der Waals surface area contributed by atoms with Crippen LogP contribution in [0.2, 0.25) is 0 Å². The number of allylic oxidation sites excluding steroid dienone is 2. The van der Waals surface area contributed by atoms with Crippen molar-refractivity contribution in [1.82, 2.24) is 0 Å². The average Bonchev–Trinajstić information content (AvgIpc) is 2.97. The maximum Gasteiger partial charge on any atom is 0.155 e. The van der Waals surface area contributed by atoms with Crippen molar-refractivity contribution in [1.29, 1.82) is 0 Å². The first-order valence-corrected chi connectivity index (χ1v) is 11.3. The van der Waals surface area contributed by atoms with Gasteiger partial charge in [-0.1, -0.05) is 39.3 Å². The summed E-state index contributed by atoms with van der Waals surface area (Å²) in [6.45, 7) is 15.1. The van der Waals surface area contributed by atoms with Gasteiger partial charge >= 0.3 is 0 Å². The summed E-state index contributed by atoms with van der Waals surface area (Å²) < 4.78 is 0. The van der Waals surface area contributed by atoms with Crippen LogP contribution in [-0.4, -0.2) is 44.7 Å². The third-order valence-corrected chi connectivity index (χ3v) is 8.85. The van der Waals surface area contributed by atoms with E-state index in [0.717, 1.165) is 5.57 Å². The Morgan fingerprint density at radius 2 is 1.77 bits per heavy atom. The fourth-order valence-corrected chi connectivity index (χ4v) is 7.41. The molecule has 0 heterocycles. The zero-order chi connectivity index (χ0) is 23.0. The Morgan fingerprint density at radius 3 is 2.23 bits per heavy atom. The molecule has 0 aromatic carbocycles. The van der Waals surface area contributed by atoms with Crippen LogP contribution >= 0.6 is 0 Å². The number of ketones is 2. The molecule has 0 aromatic heterocycles. The molecule has 3 aliphatic rings. The highest BCUT2D eigenvalue weighted by molar-refractivity contribution is 6.08. The lowest BCUT2D eigenvalue weighted by Crippen LogP contribution is -2.63. The van der Waals surface area contributed by atoms with Gasteiger partial charge in [-0.3, -0.25) is 9.59 Å². The monoisotopic (exact) mass is 420 g/mol. The summed E-state index contributed by atoms with van der Waals surface area (Å²) in [6.07, 6.45) is 0.943. The van der Waals surface area contributed by atoms with Gasteiger partial charge in [-0.05, 0) is 64.2 Å². The lowest BCUT2D eigenvalue weighted by Gasteiger charge is -2.50. The molecule has 3 aliphatic carbocycles. The van der Waals surface area contributed by atoms with Crippen LogP contribution in [0, 0.1) is 39.9 Å². The number of aliphatic hydroxyl groups excluding tert-OH is 2. The lowest BCUT2D eigenvalue weighted by molar-refractivity contribution is -0.181. The molecule has 0 aromatic rings. The second-order valence-electron chi connectivity index (χ2n) is 12.0. The van der Waals surface area contributed by atoms with Crippen molar-refractivity contribution in [3.8, 4) is 0 Å². The van der Waals surface area contributed by atoms with E-state index in [4.69, 9.17) is 0 Å². The molecule has 3 rings (SSSR count). The van der Waals surface area contributed by atoms with Crippen LogP contribution in [0.3, 0.4) is 0 Å². The molecule has 5 nitrogen and oxygen atoms in total. The normalized spacial score (nSPS) is 42.4. The van der Waals surface area contributed by atoms with E-state index in [1.807, 2.05) is 19.9 Å². The summed E-state index contributed by atoms with van der Waals surface area (Å²) in [5.41, 5.74) is -2.36. The number of carbonyl (C=O) groups excluding carboxylic acids is 2. The number of hydrogen-bond donors (Lipinski definition) is 3. The van der Waals surface area contributed by atoms with Crippen LogP contribution in [0.25, 0.3) is 0 Å². The molecule has 1 spiro atoms. The zero-order valence-corrected chi connectivity index (χ0v) is 19.8. The van der Waals surface area contributed by atoms with Gasteiger partial charge < -0.3 is 15.3 Å². The van der Waals surface area contributed by atoms with Crippen molar-refractivity contribution in [3.63, 3.8) is 0 Å². The standard InChI is InChI=1S/C25H40O5/c1-13(2)9-10-24-11-16-22(5,6)15(23(7,8)30)12-25(16,21(24)29)20(28)17(19(24)27)18(26)14(3)4/h9,14-17,20-21,28-30H,10-12H2,1-8H3/t15-,16+,17?,20?,21?,24?,25-/m0/s1. The Bertz CT molecular complexity index is 769. The zero-order valence-electron chi connectivity index (χ0n) is 19.8. The predicted octanol–water partition coefficient (Wildman–Crippen LogP) is 3.30. The summed E-state index contributed by atoms with van der Waals surface area (Å²) in [5.74, 6) is -2.35. The van der Waals surface area contributed by atoms with E-state index in [2.05, 4.69) is 13.8 Å². The van der Waals surface area contributed by atoms with Crippen molar-refractivity contribution in [2.24, 2.45) is 39.9 Å². The summed E-state index contributed by atoms with van der Waals surface area (Å²) in [6, 6.07) is 0. The van der Waals surface area contributed by atoms with Gasteiger partial charge in [-0.15, -0.1) is 0 Å². The average molecular weight is 421 g/mol. The van der Waals surface area contributed by atoms with Crippen molar-refractivity contribution < 1.29 is 24.9 Å². The van der Waals surface area contributed by atoms with Gasteiger partial charge in [0, 0.05) is 11.3 Å². The molecular formula is C25H40O5. The first-order chi connectivity index (χ1) is 13.5. The largest absolute Gasteiger partial charge is 0.391 e. The van der Waals surface area contributed by atoms with Crippen molar-refractivity contribution >= 4 is 11.6 Å². The maximum absolute atomic E-state index is 13.8. The molecule has 3 N–H and O–H groups in total. The molecule has 0 saturated heterocycles. The molecule has 30 heavy (non-hydrogen) atoms. The number of aliphatic hydroxyl groups is 3. The molecule has 0 amide bonds. The third-order valence-electron chi connectivity index (χ3n) is 8.85. The van der Waals surface area contributed by atoms with Crippen LogP contribution < -0.4 is 0 Å². The number of Topliss-reactive ketones (excluding diaryl/α,β-unsaturated/α-hetero) is 2. The van der Waals surface area contributed by atoms with E-state index in [9.17, 15) is 24.9 Å². The minimum absolute atomic E-state index is 0.161. The van der Waals surface area contributed by atoms with Crippen molar-refractivity contribution in [2.75, 3.05) is 0 Å². The summed E-state index contributed by atoms with van der Waals surface area (Å²) in [5, 5.41) is 34.2. The van der Waals surface area contributed by atoms with Crippen molar-refractivity contribution in [3.05, 3.63) is 11.6 Å². The van der Waals surface area contributed by atoms with E-state index in [1.54, 1.807) is 27.7 Å². The van der Waals surface area contributed by atoms with Crippen LogP contribution in [0.5, 0.6) is 0 Å². The molecule has 0 radical (unpaired) electrons. The minimum Gasteiger partial charge on any atom is -0.391 e. The predicted molar refractivity (Wildman–Crippen MR) is 116 cm³/mol. The van der Waals surface area contributed by atoms with Crippen LogP contribution in [0.15, 0.2) is 11.6 Å². The highest BCUT2D eigenvalue weighted by atomic mass is 16.3. The van der Waals surface area contributed by atoms with E-state index in [-0.39, 0.29) is 29.3 Å². The number of hydrogen-bond acceptors (Lipinski definition) is 5. The van der Waals surface area contributed by atoms with Gasteiger partial charge in [0.2, 0.25) is 0 Å². The summed E-state index contributed by atoms with van der Waals surface area (Å²) >= 11 is 0. The van der Waals surface area contributed by atoms with Crippen LogP contribution in [-0.2, 0) is 9.59 Å². The molecular weight excluding hydrogens is 380 g/mol. The second-order valence-corrected chi connectivity index (χ2v) is 12.0. The van der Waals surface area contributed by atoms with Gasteiger partial charge in [0.25, 0.3) is 0 Å². The van der Waals surface area contributed by atoms with E-state index >= 15 is 0 Å². The summed E-state index contributed by atoms with van der Waals surface area (Å²) in [7, 11) is 0. The topological polar surface area (TPSA) is 94.8 Å². The highest BCUT2D eigenvalue weighted by Crippen LogP contribution is 2.75. The Kier molecular flexibility index (Phi) is 5.50. The molecule has 0 aliphatic heterocycles. The highest BCUT2D eigenvalue weighted by Gasteiger charge is 2.79. The maximum atomic E-state index is 13.8. The molecule has 4 unspecified atom stereocenters. The smallest absolute Gasteiger partial charge is 0.155 e. The number of rotatable bonds is 5. The van der Waals surface area contributed by atoms with Crippen molar-refractivity contribution in [2.45, 2.75) is 92.5 Å².